The molecule has 0 saturated heterocycles. The molecule has 0 bridgehead atoms. The number of hydrogen-bond acceptors (Lipinski definition) is 15. The number of ether oxygens (including phenoxy) is 4. The minimum Gasteiger partial charge on any atom is -0.462 e. The summed E-state index contributed by atoms with van der Waals surface area (Å²) in [5, 5.41) is 10.6. The molecule has 0 spiro atoms. The zero-order chi connectivity index (χ0) is 69.6. The fourth-order valence-electron chi connectivity index (χ4n) is 11.3. The van der Waals surface area contributed by atoms with Gasteiger partial charge < -0.3 is 33.8 Å². The third-order valence-corrected chi connectivity index (χ3v) is 19.6. The summed E-state index contributed by atoms with van der Waals surface area (Å²) in [6.07, 6.45) is 48.6. The third-order valence-electron chi connectivity index (χ3n) is 17.7. The molecule has 0 amide bonds. The summed E-state index contributed by atoms with van der Waals surface area (Å²) < 4.78 is 68.5. The van der Waals surface area contributed by atoms with Gasteiger partial charge in [-0.2, -0.15) is 0 Å². The zero-order valence-electron chi connectivity index (χ0n) is 61.6. The lowest BCUT2D eigenvalue weighted by Crippen LogP contribution is -2.30. The van der Waals surface area contributed by atoms with Crippen molar-refractivity contribution in [2.75, 3.05) is 39.6 Å². The molecular weight excluding hydrogens is 1230 g/mol. The van der Waals surface area contributed by atoms with Gasteiger partial charge in [-0.3, -0.25) is 37.3 Å². The number of aliphatic hydroxyl groups is 1. The van der Waals surface area contributed by atoms with Gasteiger partial charge in [0.15, 0.2) is 12.2 Å². The van der Waals surface area contributed by atoms with Crippen LogP contribution in [-0.2, 0) is 65.4 Å². The molecule has 0 aromatic carbocycles. The molecule has 0 heterocycles. The number of phosphoric acid groups is 2. The largest absolute Gasteiger partial charge is 0.472 e. The van der Waals surface area contributed by atoms with Gasteiger partial charge in [0.1, 0.15) is 19.3 Å². The Morgan fingerprint density at radius 3 is 0.755 bits per heavy atom. The maximum atomic E-state index is 13.1. The number of phosphoric ester groups is 2. The molecule has 0 radical (unpaired) electrons. The highest BCUT2D eigenvalue weighted by atomic mass is 31.2. The fourth-order valence-corrected chi connectivity index (χ4v) is 12.9. The van der Waals surface area contributed by atoms with Crippen molar-refractivity contribution in [3.05, 3.63) is 0 Å². The lowest BCUT2D eigenvalue weighted by molar-refractivity contribution is -0.161. The molecule has 19 heteroatoms. The summed E-state index contributed by atoms with van der Waals surface area (Å²) in [4.78, 5) is 72.7. The highest BCUT2D eigenvalue weighted by molar-refractivity contribution is 7.47. The van der Waals surface area contributed by atoms with E-state index in [9.17, 15) is 43.2 Å². The molecule has 4 unspecified atom stereocenters. The van der Waals surface area contributed by atoms with Gasteiger partial charge in [0.25, 0.3) is 0 Å². The van der Waals surface area contributed by atoms with E-state index < -0.39 is 97.5 Å². The lowest BCUT2D eigenvalue weighted by Gasteiger charge is -2.21. The van der Waals surface area contributed by atoms with E-state index in [0.717, 1.165) is 114 Å². The third kappa shape index (κ3) is 67.3. The monoisotopic (exact) mass is 1380 g/mol. The maximum absolute atomic E-state index is 13.1. The molecule has 0 rings (SSSR count). The van der Waals surface area contributed by atoms with Crippen LogP contribution in [0.25, 0.3) is 0 Å². The standard InChI is InChI=1S/C75H146O17P2/c1-9-68(8)54-46-38-30-21-17-12-10-11-13-18-22-31-39-47-55-72(77)85-61-70(92-75(80)58-50-42-33-25-24-28-36-44-52-66(4)5)63-89-93(81,82)87-59-69(76)60-88-94(83,84)90-64-71(62-86-73(78)56-48-40-34-26-29-37-45-53-67(6)7)91-74(79)57-49-41-32-23-19-15-14-16-20-27-35-43-51-65(2)3/h65-71,76H,9-64H2,1-8H3,(H,81,82)(H,83,84)/t68?,69?,70-,71-/m1/s1. The normalized spacial score (nSPS) is 14.4. The Labute approximate surface area is 575 Å². The van der Waals surface area contributed by atoms with Crippen molar-refractivity contribution in [1.82, 2.24) is 0 Å². The zero-order valence-corrected chi connectivity index (χ0v) is 63.4. The first-order chi connectivity index (χ1) is 45.1. The van der Waals surface area contributed by atoms with Gasteiger partial charge >= 0.3 is 39.5 Å². The summed E-state index contributed by atoms with van der Waals surface area (Å²) in [6, 6.07) is 0. The van der Waals surface area contributed by atoms with E-state index in [1.807, 2.05) is 0 Å². The van der Waals surface area contributed by atoms with Crippen molar-refractivity contribution < 1.29 is 80.2 Å². The first kappa shape index (κ1) is 92.1. The fraction of sp³-hybridized carbons (Fsp3) is 0.947. The van der Waals surface area contributed by atoms with E-state index in [1.54, 1.807) is 0 Å². The minimum atomic E-state index is -4.96. The number of unbranched alkanes of at least 4 members (excludes halogenated alkanes) is 37. The molecule has 558 valence electrons. The Bertz CT molecular complexity index is 1850. The average Bonchev–Trinajstić information content (AvgIpc) is 1.37. The van der Waals surface area contributed by atoms with Gasteiger partial charge in [-0.25, -0.2) is 9.13 Å². The van der Waals surface area contributed by atoms with Crippen molar-refractivity contribution in [1.29, 1.82) is 0 Å². The first-order valence-electron chi connectivity index (χ1n) is 38.7. The minimum absolute atomic E-state index is 0.104. The van der Waals surface area contributed by atoms with E-state index in [-0.39, 0.29) is 25.7 Å². The maximum Gasteiger partial charge on any atom is 0.472 e. The molecule has 3 N–H and O–H groups in total. The van der Waals surface area contributed by atoms with Crippen LogP contribution in [0.4, 0.5) is 0 Å². The molecule has 0 aliphatic rings. The van der Waals surface area contributed by atoms with Gasteiger partial charge in [-0.05, 0) is 49.4 Å². The van der Waals surface area contributed by atoms with Gasteiger partial charge in [-0.1, -0.05) is 325 Å². The van der Waals surface area contributed by atoms with E-state index in [0.29, 0.717) is 31.6 Å². The molecule has 6 atom stereocenters. The second-order valence-corrected chi connectivity index (χ2v) is 31.6. The summed E-state index contributed by atoms with van der Waals surface area (Å²) in [5.41, 5.74) is 0. The van der Waals surface area contributed by atoms with Crippen molar-refractivity contribution in [2.24, 2.45) is 23.7 Å². The number of carbonyl (C=O) groups is 4. The molecule has 0 aromatic rings. The number of esters is 4. The second-order valence-electron chi connectivity index (χ2n) is 28.7. The summed E-state index contributed by atoms with van der Waals surface area (Å²) in [6.45, 7) is 14.2. The number of hydrogen-bond donors (Lipinski definition) is 3. The number of rotatable bonds is 72. The molecule has 17 nitrogen and oxygen atoms in total. The van der Waals surface area contributed by atoms with Crippen molar-refractivity contribution in [2.45, 2.75) is 395 Å². The molecule has 0 aromatic heterocycles. The summed E-state index contributed by atoms with van der Waals surface area (Å²) in [7, 11) is -9.91. The van der Waals surface area contributed by atoms with Gasteiger partial charge in [0.2, 0.25) is 0 Å². The first-order valence-corrected chi connectivity index (χ1v) is 41.7. The van der Waals surface area contributed by atoms with Crippen LogP contribution < -0.4 is 0 Å². The molecule has 0 fully saturated rings. The van der Waals surface area contributed by atoms with Gasteiger partial charge in [0, 0.05) is 25.7 Å². The quantitative estimate of drug-likeness (QED) is 0.0222. The van der Waals surface area contributed by atoms with Crippen LogP contribution in [0.2, 0.25) is 0 Å². The van der Waals surface area contributed by atoms with Crippen LogP contribution >= 0.6 is 15.6 Å². The Kier molecular flexibility index (Phi) is 63.1. The molecule has 0 aliphatic carbocycles. The van der Waals surface area contributed by atoms with Crippen LogP contribution in [0.3, 0.4) is 0 Å². The Balaban J connectivity index is 5.21. The van der Waals surface area contributed by atoms with Gasteiger partial charge in [-0.15, -0.1) is 0 Å². The van der Waals surface area contributed by atoms with E-state index in [4.69, 9.17) is 37.0 Å². The summed E-state index contributed by atoms with van der Waals surface area (Å²) in [5.74, 6) is 0.926. The predicted octanol–water partition coefficient (Wildman–Crippen LogP) is 21.7. The predicted molar refractivity (Wildman–Crippen MR) is 381 cm³/mol. The molecule has 94 heavy (non-hydrogen) atoms. The Morgan fingerprint density at radius 1 is 0.298 bits per heavy atom. The second kappa shape index (κ2) is 64.4. The van der Waals surface area contributed by atoms with E-state index >= 15 is 0 Å². The van der Waals surface area contributed by atoms with Crippen molar-refractivity contribution in [3.63, 3.8) is 0 Å². The average molecular weight is 1380 g/mol. The lowest BCUT2D eigenvalue weighted by atomic mass is 9.99. The van der Waals surface area contributed by atoms with E-state index in [1.165, 1.54) is 173 Å². The van der Waals surface area contributed by atoms with Crippen LogP contribution in [0.5, 0.6) is 0 Å². The van der Waals surface area contributed by atoms with Gasteiger partial charge in [0.05, 0.1) is 26.4 Å². The topological polar surface area (TPSA) is 237 Å². The smallest absolute Gasteiger partial charge is 0.462 e. The van der Waals surface area contributed by atoms with Crippen molar-refractivity contribution in [3.8, 4) is 0 Å². The van der Waals surface area contributed by atoms with Crippen LogP contribution in [0, 0.1) is 23.7 Å². The highest BCUT2D eigenvalue weighted by Gasteiger charge is 2.30. The van der Waals surface area contributed by atoms with Crippen molar-refractivity contribution >= 4 is 39.5 Å². The SMILES string of the molecule is CCC(C)CCCCCCCCCCCCCCCCC(=O)OC[C@H](COP(=O)(O)OCC(O)COP(=O)(O)OC[C@@H](COC(=O)CCCCCCCCCC(C)C)OC(=O)CCCCCCCCCCCCCCC(C)C)OC(=O)CCCCCCCCCCC(C)C. The molecule has 0 saturated carbocycles. The molecule has 0 aliphatic heterocycles. The number of carbonyl (C=O) groups excluding carboxylic acids is 4. The summed E-state index contributed by atoms with van der Waals surface area (Å²) >= 11 is 0. The Hall–Kier alpha value is -1.94. The van der Waals surface area contributed by atoms with Crippen LogP contribution in [-0.4, -0.2) is 96.7 Å². The van der Waals surface area contributed by atoms with Crippen LogP contribution in [0.15, 0.2) is 0 Å². The highest BCUT2D eigenvalue weighted by Crippen LogP contribution is 2.45. The Morgan fingerprint density at radius 2 is 0.511 bits per heavy atom. The van der Waals surface area contributed by atoms with E-state index in [2.05, 4.69) is 55.4 Å². The number of aliphatic hydroxyl groups excluding tert-OH is 1. The van der Waals surface area contributed by atoms with Crippen LogP contribution in [0.1, 0.15) is 376 Å². The molecular formula is C75H146O17P2.